The summed E-state index contributed by atoms with van der Waals surface area (Å²) in [4.78, 5) is 21.3. The number of likely N-dealkylation sites (tertiary alicyclic amines) is 1. The molecule has 6 nitrogen and oxygen atoms in total. The van der Waals surface area contributed by atoms with Crippen LogP contribution in [0.3, 0.4) is 0 Å². The summed E-state index contributed by atoms with van der Waals surface area (Å²) in [5, 5.41) is 0. The van der Waals surface area contributed by atoms with Crippen LogP contribution in [0.5, 0.6) is 11.5 Å². The highest BCUT2D eigenvalue weighted by molar-refractivity contribution is 5.92. The normalized spacial score (nSPS) is 13.6. The lowest BCUT2D eigenvalue weighted by Crippen LogP contribution is -2.35. The number of rotatable bonds is 9. The molecular weight excluding hydrogens is 469 g/mol. The van der Waals surface area contributed by atoms with Gasteiger partial charge in [-0.1, -0.05) is 42.5 Å². The van der Waals surface area contributed by atoms with Gasteiger partial charge in [-0.2, -0.15) is 0 Å². The van der Waals surface area contributed by atoms with Crippen LogP contribution >= 0.6 is 0 Å². The lowest BCUT2D eigenvalue weighted by molar-refractivity contribution is 0.0718. The summed E-state index contributed by atoms with van der Waals surface area (Å²) in [7, 11) is 0. The third kappa shape index (κ3) is 6.83. The van der Waals surface area contributed by atoms with E-state index in [2.05, 4.69) is 9.88 Å². The Morgan fingerprint density at radius 2 is 1.59 bits per heavy atom. The Balaban J connectivity index is 1.32. The van der Waals surface area contributed by atoms with E-state index in [0.29, 0.717) is 31.2 Å². The van der Waals surface area contributed by atoms with Crippen LogP contribution in [-0.2, 0) is 19.6 Å². The second-order valence-electron chi connectivity index (χ2n) is 9.31. The smallest absolute Gasteiger partial charge is 0.275 e. The van der Waals surface area contributed by atoms with E-state index in [1.54, 1.807) is 12.1 Å². The van der Waals surface area contributed by atoms with Crippen LogP contribution in [-0.4, -0.2) is 33.8 Å². The molecule has 2 heterocycles. The Hall–Kier alpha value is -3.97. The quantitative estimate of drug-likeness (QED) is 0.265. The first-order valence-corrected chi connectivity index (χ1v) is 12.6. The lowest BCUT2D eigenvalue weighted by atomic mass is 10.1. The maximum atomic E-state index is 13.5. The summed E-state index contributed by atoms with van der Waals surface area (Å²) >= 11 is 0. The molecule has 4 aromatic rings. The van der Waals surface area contributed by atoms with Gasteiger partial charge in [-0.3, -0.25) is 9.69 Å². The highest BCUT2D eigenvalue weighted by atomic mass is 19.1. The number of aromatic nitrogens is 1. The fourth-order valence-electron chi connectivity index (χ4n) is 4.54. The van der Waals surface area contributed by atoms with Crippen molar-refractivity contribution in [1.82, 2.24) is 14.8 Å². The van der Waals surface area contributed by atoms with Crippen molar-refractivity contribution in [2.75, 3.05) is 13.1 Å². The maximum absolute atomic E-state index is 13.5. The third-order valence-electron chi connectivity index (χ3n) is 6.38. The molecule has 0 atom stereocenters. The highest BCUT2D eigenvalue weighted by Gasteiger charge is 2.22. The summed E-state index contributed by atoms with van der Waals surface area (Å²) in [6.45, 7) is 3.07. The molecule has 3 aromatic carbocycles. The minimum atomic E-state index is -0.269. The van der Waals surface area contributed by atoms with Gasteiger partial charge in [0, 0.05) is 26.2 Å². The molecule has 190 valence electrons. The molecule has 1 aromatic heterocycles. The number of ether oxygens (including phenoxy) is 1. The molecule has 7 heteroatoms. The maximum Gasteiger partial charge on any atom is 0.275 e. The first-order chi connectivity index (χ1) is 18.1. The zero-order valence-electron chi connectivity index (χ0n) is 20.7. The zero-order chi connectivity index (χ0) is 25.5. The standard InChI is InChI=1S/C30H30FN3O3/c31-25-14-12-23(13-15-25)19-33(20-24-8-7-11-27(18-24)37-26-9-3-1-4-10-26)21-29-32-28(22-36-29)30(35)34-16-5-2-6-17-34/h1,3-4,7-15,18,22H,2,5-6,16-17,19-21H2. The molecule has 1 aliphatic rings. The average molecular weight is 500 g/mol. The van der Waals surface area contributed by atoms with Gasteiger partial charge in [0.1, 0.15) is 23.6 Å². The number of nitrogens with zero attached hydrogens (tertiary/aromatic N) is 3. The molecular formula is C30H30FN3O3. The molecule has 5 rings (SSSR count). The monoisotopic (exact) mass is 499 g/mol. The van der Waals surface area contributed by atoms with Gasteiger partial charge in [0.05, 0.1) is 6.54 Å². The molecule has 0 aliphatic carbocycles. The van der Waals surface area contributed by atoms with Crippen LogP contribution in [0, 0.1) is 5.82 Å². The predicted molar refractivity (Wildman–Crippen MR) is 139 cm³/mol. The summed E-state index contributed by atoms with van der Waals surface area (Å²) < 4.78 is 25.2. The van der Waals surface area contributed by atoms with Crippen LogP contribution in [0.1, 0.15) is 46.8 Å². The number of benzene rings is 3. The van der Waals surface area contributed by atoms with Crippen LogP contribution < -0.4 is 4.74 Å². The Morgan fingerprint density at radius 3 is 2.38 bits per heavy atom. The Morgan fingerprint density at radius 1 is 0.865 bits per heavy atom. The van der Waals surface area contributed by atoms with Crippen molar-refractivity contribution >= 4 is 5.91 Å². The zero-order valence-corrected chi connectivity index (χ0v) is 20.7. The van der Waals surface area contributed by atoms with Crippen LogP contribution in [0.25, 0.3) is 0 Å². The summed E-state index contributed by atoms with van der Waals surface area (Å²) in [5.41, 5.74) is 2.36. The number of piperidine rings is 1. The number of carbonyl (C=O) groups is 1. The fourth-order valence-corrected chi connectivity index (χ4v) is 4.54. The molecule has 0 spiro atoms. The molecule has 37 heavy (non-hydrogen) atoms. The molecule has 1 aliphatic heterocycles. The van der Waals surface area contributed by atoms with E-state index in [1.807, 2.05) is 59.5 Å². The molecule has 1 fully saturated rings. The van der Waals surface area contributed by atoms with Crippen LogP contribution in [0.2, 0.25) is 0 Å². The van der Waals surface area contributed by atoms with Crippen molar-refractivity contribution in [2.24, 2.45) is 0 Å². The molecule has 0 N–H and O–H groups in total. The van der Waals surface area contributed by atoms with Crippen molar-refractivity contribution in [2.45, 2.75) is 38.9 Å². The second-order valence-corrected chi connectivity index (χ2v) is 9.31. The number of hydrogen-bond acceptors (Lipinski definition) is 5. The molecule has 1 amide bonds. The molecule has 0 unspecified atom stereocenters. The lowest BCUT2D eigenvalue weighted by Gasteiger charge is -2.25. The molecule has 0 saturated carbocycles. The van der Waals surface area contributed by atoms with Gasteiger partial charge in [-0.15, -0.1) is 0 Å². The Bertz CT molecular complexity index is 1300. The number of carbonyl (C=O) groups excluding carboxylic acids is 1. The van der Waals surface area contributed by atoms with Gasteiger partial charge in [-0.05, 0) is 66.8 Å². The Kier molecular flexibility index (Phi) is 7.91. The van der Waals surface area contributed by atoms with Gasteiger partial charge >= 0.3 is 0 Å². The molecule has 0 radical (unpaired) electrons. The van der Waals surface area contributed by atoms with Crippen LogP contribution in [0.15, 0.2) is 89.5 Å². The van der Waals surface area contributed by atoms with E-state index < -0.39 is 0 Å². The van der Waals surface area contributed by atoms with Crippen molar-refractivity contribution < 1.29 is 18.3 Å². The average Bonchev–Trinajstić information content (AvgIpc) is 3.39. The van der Waals surface area contributed by atoms with Crippen molar-refractivity contribution in [1.29, 1.82) is 0 Å². The number of para-hydroxylation sites is 1. The fraction of sp³-hybridized carbons (Fsp3) is 0.267. The van der Waals surface area contributed by atoms with Crippen molar-refractivity contribution in [3.63, 3.8) is 0 Å². The number of halogens is 1. The summed E-state index contributed by atoms with van der Waals surface area (Å²) in [6, 6.07) is 24.1. The second kappa shape index (κ2) is 11.8. The summed E-state index contributed by atoms with van der Waals surface area (Å²) in [6.07, 6.45) is 4.66. The predicted octanol–water partition coefficient (Wildman–Crippen LogP) is 6.43. The van der Waals surface area contributed by atoms with Gasteiger partial charge in [0.2, 0.25) is 5.89 Å². The first-order valence-electron chi connectivity index (χ1n) is 12.6. The first kappa shape index (κ1) is 24.7. The molecule has 0 bridgehead atoms. The SMILES string of the molecule is O=C(c1coc(CN(Cc2ccc(F)cc2)Cc2cccc(Oc3ccccc3)c2)n1)N1CCCCC1. The van der Waals surface area contributed by atoms with Gasteiger partial charge < -0.3 is 14.1 Å². The minimum absolute atomic E-state index is 0.0782. The van der Waals surface area contributed by atoms with E-state index in [-0.39, 0.29) is 11.7 Å². The highest BCUT2D eigenvalue weighted by Crippen LogP contribution is 2.23. The van der Waals surface area contributed by atoms with Gasteiger partial charge in [0.15, 0.2) is 5.69 Å². The van der Waals surface area contributed by atoms with Crippen molar-refractivity contribution in [3.05, 3.63) is 114 Å². The third-order valence-corrected chi connectivity index (χ3v) is 6.38. The number of oxazole rings is 1. The summed E-state index contributed by atoms with van der Waals surface area (Å²) in [5.74, 6) is 1.64. The largest absolute Gasteiger partial charge is 0.457 e. The number of amides is 1. The minimum Gasteiger partial charge on any atom is -0.457 e. The van der Waals surface area contributed by atoms with E-state index in [9.17, 15) is 9.18 Å². The topological polar surface area (TPSA) is 58.8 Å². The van der Waals surface area contributed by atoms with E-state index >= 15 is 0 Å². The Labute approximate surface area is 216 Å². The van der Waals surface area contributed by atoms with Gasteiger partial charge in [0.25, 0.3) is 5.91 Å². The van der Waals surface area contributed by atoms with Gasteiger partial charge in [-0.25, -0.2) is 9.37 Å². The molecule has 1 saturated heterocycles. The van der Waals surface area contributed by atoms with E-state index in [4.69, 9.17) is 9.15 Å². The van der Waals surface area contributed by atoms with Crippen molar-refractivity contribution in [3.8, 4) is 11.5 Å². The van der Waals surface area contributed by atoms with E-state index in [0.717, 1.165) is 55.0 Å². The van der Waals surface area contributed by atoms with Crippen LogP contribution in [0.4, 0.5) is 4.39 Å². The number of hydrogen-bond donors (Lipinski definition) is 0. The van der Waals surface area contributed by atoms with E-state index in [1.165, 1.54) is 18.4 Å².